The van der Waals surface area contributed by atoms with E-state index in [0.717, 1.165) is 11.5 Å². The molecule has 0 unspecified atom stereocenters. The molecule has 2 rings (SSSR count). The van der Waals surface area contributed by atoms with Crippen molar-refractivity contribution in [3.63, 3.8) is 0 Å². The molecule has 7 heteroatoms. The third kappa shape index (κ3) is 5.11. The summed E-state index contributed by atoms with van der Waals surface area (Å²) >= 11 is 1.26. The van der Waals surface area contributed by atoms with Crippen LogP contribution in [-0.2, 0) is 16.1 Å². The molecule has 6 nitrogen and oxygen atoms in total. The Kier molecular flexibility index (Phi) is 5.62. The number of rotatable bonds is 7. The predicted octanol–water partition coefficient (Wildman–Crippen LogP) is 2.38. The Morgan fingerprint density at radius 1 is 1.48 bits per heavy atom. The summed E-state index contributed by atoms with van der Waals surface area (Å²) in [5, 5.41) is 10.7. The summed E-state index contributed by atoms with van der Waals surface area (Å²) in [5.74, 6) is 0.686. The van der Waals surface area contributed by atoms with Gasteiger partial charge in [0, 0.05) is 5.69 Å². The van der Waals surface area contributed by atoms with E-state index in [1.807, 2.05) is 25.1 Å². The fourth-order valence-electron chi connectivity index (χ4n) is 1.69. The van der Waals surface area contributed by atoms with Crippen LogP contribution in [0.1, 0.15) is 18.3 Å². The number of aromatic nitrogens is 3. The van der Waals surface area contributed by atoms with Crippen LogP contribution in [0.4, 0.5) is 5.69 Å². The van der Waals surface area contributed by atoms with E-state index in [1.54, 1.807) is 6.92 Å². The zero-order valence-electron chi connectivity index (χ0n) is 12.0. The molecule has 0 spiro atoms. The molecule has 0 saturated carbocycles. The standard InChI is InChI=1S/C14H18N4O2S/c1-3-20-13(19)9-21-14-16-12(17-18-14)8-15-11-6-4-5-10(2)7-11/h4-7,15H,3,8-9H2,1-2H3,(H,16,17,18). The highest BCUT2D eigenvalue weighted by Crippen LogP contribution is 2.14. The Morgan fingerprint density at radius 3 is 3.10 bits per heavy atom. The fraction of sp³-hybridized carbons (Fsp3) is 0.357. The maximum atomic E-state index is 11.2. The number of nitrogens with one attached hydrogen (secondary N) is 2. The molecule has 1 aromatic heterocycles. The van der Waals surface area contributed by atoms with Crippen molar-refractivity contribution in [3.05, 3.63) is 35.7 Å². The number of hydrogen-bond donors (Lipinski definition) is 2. The molecule has 0 aliphatic heterocycles. The number of carbonyl (C=O) groups excluding carboxylic acids is 1. The second kappa shape index (κ2) is 7.68. The van der Waals surface area contributed by atoms with Gasteiger partial charge in [-0.25, -0.2) is 4.98 Å². The van der Waals surface area contributed by atoms with Crippen molar-refractivity contribution in [3.8, 4) is 0 Å². The van der Waals surface area contributed by atoms with Gasteiger partial charge in [-0.3, -0.25) is 9.89 Å². The van der Waals surface area contributed by atoms with Crippen molar-refractivity contribution >= 4 is 23.4 Å². The highest BCUT2D eigenvalue weighted by atomic mass is 32.2. The van der Waals surface area contributed by atoms with Gasteiger partial charge in [-0.05, 0) is 31.5 Å². The van der Waals surface area contributed by atoms with Crippen LogP contribution in [0.5, 0.6) is 0 Å². The maximum Gasteiger partial charge on any atom is 0.316 e. The summed E-state index contributed by atoms with van der Waals surface area (Å²) in [4.78, 5) is 15.6. The molecule has 2 N–H and O–H groups in total. The van der Waals surface area contributed by atoms with Crippen molar-refractivity contribution in [2.45, 2.75) is 25.5 Å². The normalized spacial score (nSPS) is 10.4. The van der Waals surface area contributed by atoms with E-state index in [9.17, 15) is 4.79 Å². The number of carbonyl (C=O) groups is 1. The molecule has 0 radical (unpaired) electrons. The van der Waals surface area contributed by atoms with Crippen LogP contribution in [0.3, 0.4) is 0 Å². The Balaban J connectivity index is 1.81. The molecule has 0 bridgehead atoms. The zero-order chi connectivity index (χ0) is 15.1. The molecule has 0 saturated heterocycles. The van der Waals surface area contributed by atoms with Crippen molar-refractivity contribution in [2.24, 2.45) is 0 Å². The number of hydrogen-bond acceptors (Lipinski definition) is 6. The topological polar surface area (TPSA) is 79.9 Å². The van der Waals surface area contributed by atoms with E-state index in [2.05, 4.69) is 26.6 Å². The SMILES string of the molecule is CCOC(=O)CSc1n[nH]c(CNc2cccc(C)c2)n1. The van der Waals surface area contributed by atoms with Gasteiger partial charge in [0.2, 0.25) is 5.16 Å². The number of anilines is 1. The molecular weight excluding hydrogens is 288 g/mol. The molecule has 1 heterocycles. The summed E-state index contributed by atoms with van der Waals surface area (Å²) in [6.45, 7) is 4.77. The Morgan fingerprint density at radius 2 is 2.33 bits per heavy atom. The predicted molar refractivity (Wildman–Crippen MR) is 82.2 cm³/mol. The number of nitrogens with zero attached hydrogens (tertiary/aromatic N) is 2. The van der Waals surface area contributed by atoms with Crippen LogP contribution in [0, 0.1) is 6.92 Å². The molecule has 21 heavy (non-hydrogen) atoms. The largest absolute Gasteiger partial charge is 0.465 e. The number of aromatic amines is 1. The molecular formula is C14H18N4O2S. The van der Waals surface area contributed by atoms with Crippen LogP contribution < -0.4 is 5.32 Å². The number of thioether (sulfide) groups is 1. The monoisotopic (exact) mass is 306 g/mol. The first-order valence-electron chi connectivity index (χ1n) is 6.67. The number of aryl methyl sites for hydroxylation is 1. The molecule has 0 fully saturated rings. The second-order valence-electron chi connectivity index (χ2n) is 4.38. The van der Waals surface area contributed by atoms with Gasteiger partial charge < -0.3 is 10.1 Å². The van der Waals surface area contributed by atoms with E-state index in [1.165, 1.54) is 17.3 Å². The second-order valence-corrected chi connectivity index (χ2v) is 5.32. The summed E-state index contributed by atoms with van der Waals surface area (Å²) in [6.07, 6.45) is 0. The van der Waals surface area contributed by atoms with E-state index < -0.39 is 0 Å². The van der Waals surface area contributed by atoms with Crippen LogP contribution in [0.15, 0.2) is 29.4 Å². The molecule has 0 amide bonds. The van der Waals surface area contributed by atoms with Crippen molar-refractivity contribution in [2.75, 3.05) is 17.7 Å². The number of esters is 1. The first-order chi connectivity index (χ1) is 10.2. The van der Waals surface area contributed by atoms with Gasteiger partial charge in [0.25, 0.3) is 0 Å². The number of ether oxygens (including phenoxy) is 1. The first-order valence-corrected chi connectivity index (χ1v) is 7.66. The van der Waals surface area contributed by atoms with E-state index in [4.69, 9.17) is 4.74 Å². The van der Waals surface area contributed by atoms with Gasteiger partial charge in [-0.1, -0.05) is 23.9 Å². The van der Waals surface area contributed by atoms with Crippen LogP contribution >= 0.6 is 11.8 Å². The van der Waals surface area contributed by atoms with Crippen LogP contribution in [0.25, 0.3) is 0 Å². The van der Waals surface area contributed by atoms with Crippen molar-refractivity contribution < 1.29 is 9.53 Å². The zero-order valence-corrected chi connectivity index (χ0v) is 12.9. The average molecular weight is 306 g/mol. The van der Waals surface area contributed by atoms with Gasteiger partial charge >= 0.3 is 5.97 Å². The van der Waals surface area contributed by atoms with Gasteiger partial charge in [0.1, 0.15) is 5.82 Å². The Bertz CT molecular complexity index is 600. The highest BCUT2D eigenvalue weighted by Gasteiger charge is 2.08. The average Bonchev–Trinajstić information content (AvgIpc) is 2.91. The lowest BCUT2D eigenvalue weighted by atomic mass is 10.2. The Hall–Kier alpha value is -2.02. The summed E-state index contributed by atoms with van der Waals surface area (Å²) in [6, 6.07) is 8.11. The minimum atomic E-state index is -0.258. The van der Waals surface area contributed by atoms with Crippen LogP contribution in [-0.4, -0.2) is 33.5 Å². The Labute approximate surface area is 127 Å². The number of H-pyrrole nitrogens is 1. The van der Waals surface area contributed by atoms with Gasteiger partial charge in [-0.15, -0.1) is 5.10 Å². The fourth-order valence-corrected chi connectivity index (χ4v) is 2.30. The third-order valence-corrected chi connectivity index (χ3v) is 3.43. The van der Waals surface area contributed by atoms with Gasteiger partial charge in [0.05, 0.1) is 18.9 Å². The molecule has 0 aliphatic rings. The van der Waals surface area contributed by atoms with E-state index in [0.29, 0.717) is 18.3 Å². The molecule has 0 aliphatic carbocycles. The summed E-state index contributed by atoms with van der Waals surface area (Å²) in [5.41, 5.74) is 2.23. The minimum Gasteiger partial charge on any atom is -0.465 e. The lowest BCUT2D eigenvalue weighted by Gasteiger charge is -2.04. The van der Waals surface area contributed by atoms with Gasteiger partial charge in [0.15, 0.2) is 0 Å². The van der Waals surface area contributed by atoms with E-state index in [-0.39, 0.29) is 11.7 Å². The first kappa shape index (κ1) is 15.4. The highest BCUT2D eigenvalue weighted by molar-refractivity contribution is 7.99. The van der Waals surface area contributed by atoms with Gasteiger partial charge in [-0.2, -0.15) is 0 Å². The molecule has 0 atom stereocenters. The van der Waals surface area contributed by atoms with Crippen molar-refractivity contribution in [1.82, 2.24) is 15.2 Å². The summed E-state index contributed by atoms with van der Waals surface area (Å²) < 4.78 is 4.85. The lowest BCUT2D eigenvalue weighted by molar-refractivity contribution is -0.139. The smallest absolute Gasteiger partial charge is 0.316 e. The molecule has 1 aromatic carbocycles. The number of benzene rings is 1. The summed E-state index contributed by atoms with van der Waals surface area (Å²) in [7, 11) is 0. The van der Waals surface area contributed by atoms with E-state index >= 15 is 0 Å². The minimum absolute atomic E-state index is 0.219. The third-order valence-electron chi connectivity index (χ3n) is 2.61. The maximum absolute atomic E-state index is 11.2. The molecule has 2 aromatic rings. The van der Waals surface area contributed by atoms with Crippen LogP contribution in [0.2, 0.25) is 0 Å². The quantitative estimate of drug-likeness (QED) is 0.604. The molecule has 112 valence electrons. The lowest BCUT2D eigenvalue weighted by Crippen LogP contribution is -2.06. The van der Waals surface area contributed by atoms with Crippen molar-refractivity contribution in [1.29, 1.82) is 0 Å².